The van der Waals surface area contributed by atoms with Crippen LogP contribution in [0, 0.1) is 0 Å². The standard InChI is InChI=1S/C12H11F3O4/c1-6(11(16)17)9-7(12(13,14)15)2-3-8-10(9)19-5-4-18-8/h2-3,6H,4-5H2,1H3,(H,16,17). The molecule has 1 aromatic carbocycles. The minimum Gasteiger partial charge on any atom is -0.486 e. The van der Waals surface area contributed by atoms with Crippen molar-refractivity contribution in [2.75, 3.05) is 13.2 Å². The number of hydrogen-bond donors (Lipinski definition) is 1. The Bertz CT molecular complexity index is 510. The van der Waals surface area contributed by atoms with Crippen LogP contribution in [0.5, 0.6) is 11.5 Å². The summed E-state index contributed by atoms with van der Waals surface area (Å²) in [6.07, 6.45) is -4.64. The van der Waals surface area contributed by atoms with Crippen molar-refractivity contribution in [2.24, 2.45) is 0 Å². The largest absolute Gasteiger partial charge is 0.486 e. The third-order valence-corrected chi connectivity index (χ3v) is 2.86. The number of fused-ring (bicyclic) bond motifs is 1. The van der Waals surface area contributed by atoms with E-state index in [9.17, 15) is 18.0 Å². The molecular weight excluding hydrogens is 265 g/mol. The highest BCUT2D eigenvalue weighted by atomic mass is 19.4. The Hall–Kier alpha value is -1.92. The smallest absolute Gasteiger partial charge is 0.416 e. The van der Waals surface area contributed by atoms with Gasteiger partial charge in [-0.3, -0.25) is 4.79 Å². The fraction of sp³-hybridized carbons (Fsp3) is 0.417. The lowest BCUT2D eigenvalue weighted by Crippen LogP contribution is -2.22. The summed E-state index contributed by atoms with van der Waals surface area (Å²) < 4.78 is 49.2. The van der Waals surface area contributed by atoms with Crippen molar-refractivity contribution in [1.82, 2.24) is 0 Å². The molecule has 0 spiro atoms. The summed E-state index contributed by atoms with van der Waals surface area (Å²) in [6.45, 7) is 1.50. The highest BCUT2D eigenvalue weighted by molar-refractivity contribution is 5.78. The van der Waals surface area contributed by atoms with E-state index in [2.05, 4.69) is 0 Å². The topological polar surface area (TPSA) is 55.8 Å². The average molecular weight is 276 g/mol. The van der Waals surface area contributed by atoms with Gasteiger partial charge in [-0.2, -0.15) is 13.2 Å². The number of rotatable bonds is 2. The Morgan fingerprint density at radius 3 is 2.53 bits per heavy atom. The SMILES string of the molecule is CC(C(=O)O)c1c(C(F)(F)F)ccc2c1OCCO2. The molecule has 1 heterocycles. The van der Waals surface area contributed by atoms with E-state index in [1.165, 1.54) is 6.92 Å². The van der Waals surface area contributed by atoms with Crippen molar-refractivity contribution < 1.29 is 32.5 Å². The molecule has 0 saturated heterocycles. The maximum absolute atomic E-state index is 13.0. The second-order valence-corrected chi connectivity index (χ2v) is 4.11. The molecule has 1 aromatic rings. The van der Waals surface area contributed by atoms with Gasteiger partial charge in [-0.15, -0.1) is 0 Å². The Morgan fingerprint density at radius 2 is 1.95 bits per heavy atom. The van der Waals surface area contributed by atoms with Crippen molar-refractivity contribution in [3.8, 4) is 11.5 Å². The lowest BCUT2D eigenvalue weighted by Gasteiger charge is -2.25. The zero-order valence-electron chi connectivity index (χ0n) is 9.95. The van der Waals surface area contributed by atoms with Crippen LogP contribution in [0.3, 0.4) is 0 Å². The molecular formula is C12H11F3O4. The second-order valence-electron chi connectivity index (χ2n) is 4.11. The van der Waals surface area contributed by atoms with Crippen LogP contribution in [0.4, 0.5) is 13.2 Å². The van der Waals surface area contributed by atoms with Gasteiger partial charge in [0.15, 0.2) is 11.5 Å². The predicted octanol–water partition coefficient (Wildman–Crippen LogP) is 2.66. The van der Waals surface area contributed by atoms with Gasteiger partial charge in [0.1, 0.15) is 13.2 Å². The van der Waals surface area contributed by atoms with E-state index in [4.69, 9.17) is 14.6 Å². The van der Waals surface area contributed by atoms with Crippen molar-refractivity contribution in [2.45, 2.75) is 19.0 Å². The van der Waals surface area contributed by atoms with Gasteiger partial charge < -0.3 is 14.6 Å². The minimum absolute atomic E-state index is 0.0909. The van der Waals surface area contributed by atoms with E-state index in [0.717, 1.165) is 12.1 Å². The first-order chi connectivity index (χ1) is 8.82. The number of carboxylic acids is 1. The van der Waals surface area contributed by atoms with Gasteiger partial charge in [0, 0.05) is 5.56 Å². The summed E-state index contributed by atoms with van der Waals surface area (Å²) in [5.74, 6) is -2.68. The summed E-state index contributed by atoms with van der Waals surface area (Å²) in [6, 6.07) is 1.97. The summed E-state index contributed by atoms with van der Waals surface area (Å²) in [4.78, 5) is 11.0. The Labute approximate surface area is 106 Å². The highest BCUT2D eigenvalue weighted by Crippen LogP contribution is 2.45. The van der Waals surface area contributed by atoms with Crippen molar-refractivity contribution in [3.63, 3.8) is 0 Å². The molecule has 2 rings (SSSR count). The third kappa shape index (κ3) is 2.45. The molecule has 1 aliphatic rings. The van der Waals surface area contributed by atoms with Crippen LogP contribution >= 0.6 is 0 Å². The molecule has 1 unspecified atom stereocenters. The van der Waals surface area contributed by atoms with Gasteiger partial charge in [0.25, 0.3) is 0 Å². The fourth-order valence-corrected chi connectivity index (χ4v) is 1.94. The predicted molar refractivity (Wildman–Crippen MR) is 58.5 cm³/mol. The number of halogens is 3. The van der Waals surface area contributed by atoms with E-state index in [-0.39, 0.29) is 24.7 Å². The minimum atomic E-state index is -4.64. The van der Waals surface area contributed by atoms with Gasteiger partial charge >= 0.3 is 12.1 Å². The zero-order valence-corrected chi connectivity index (χ0v) is 9.95. The Kier molecular flexibility index (Phi) is 3.30. The third-order valence-electron chi connectivity index (χ3n) is 2.86. The maximum Gasteiger partial charge on any atom is 0.416 e. The molecule has 0 bridgehead atoms. The lowest BCUT2D eigenvalue weighted by atomic mass is 9.93. The monoisotopic (exact) mass is 276 g/mol. The van der Waals surface area contributed by atoms with Crippen LogP contribution in [0.15, 0.2) is 12.1 Å². The number of carbonyl (C=O) groups is 1. The first kappa shape index (κ1) is 13.5. The van der Waals surface area contributed by atoms with Gasteiger partial charge in [-0.05, 0) is 19.1 Å². The van der Waals surface area contributed by atoms with Crippen LogP contribution in [0.25, 0.3) is 0 Å². The van der Waals surface area contributed by atoms with E-state index >= 15 is 0 Å². The highest BCUT2D eigenvalue weighted by Gasteiger charge is 2.39. The number of benzene rings is 1. The van der Waals surface area contributed by atoms with Gasteiger partial charge in [-0.25, -0.2) is 0 Å². The number of alkyl halides is 3. The summed E-state index contributed by atoms with van der Waals surface area (Å²) >= 11 is 0. The Morgan fingerprint density at radius 1 is 1.32 bits per heavy atom. The average Bonchev–Trinajstić information content (AvgIpc) is 2.35. The quantitative estimate of drug-likeness (QED) is 0.902. The summed E-state index contributed by atoms with van der Waals surface area (Å²) in [5.41, 5.74) is -1.40. The molecule has 1 atom stereocenters. The van der Waals surface area contributed by atoms with Gasteiger partial charge in [0.05, 0.1) is 11.5 Å². The van der Waals surface area contributed by atoms with Gasteiger partial charge in [0.2, 0.25) is 0 Å². The first-order valence-corrected chi connectivity index (χ1v) is 5.55. The van der Waals surface area contributed by atoms with Crippen LogP contribution in [-0.4, -0.2) is 24.3 Å². The van der Waals surface area contributed by atoms with E-state index in [1.54, 1.807) is 0 Å². The molecule has 0 saturated carbocycles. The van der Waals surface area contributed by atoms with Crippen molar-refractivity contribution in [1.29, 1.82) is 0 Å². The first-order valence-electron chi connectivity index (χ1n) is 5.55. The molecule has 0 aliphatic carbocycles. The molecule has 7 heteroatoms. The molecule has 0 amide bonds. The van der Waals surface area contributed by atoms with Crippen LogP contribution in [-0.2, 0) is 11.0 Å². The lowest BCUT2D eigenvalue weighted by molar-refractivity contribution is -0.141. The van der Waals surface area contributed by atoms with Gasteiger partial charge in [-0.1, -0.05) is 0 Å². The van der Waals surface area contributed by atoms with E-state index < -0.39 is 29.2 Å². The molecule has 0 fully saturated rings. The molecule has 1 aliphatic heterocycles. The van der Waals surface area contributed by atoms with E-state index in [0.29, 0.717) is 0 Å². The molecule has 0 radical (unpaired) electrons. The van der Waals surface area contributed by atoms with Crippen LogP contribution in [0.1, 0.15) is 24.0 Å². The number of aliphatic carboxylic acids is 1. The Balaban J connectivity index is 2.66. The molecule has 0 aromatic heterocycles. The summed E-state index contributed by atoms with van der Waals surface area (Å²) in [7, 11) is 0. The van der Waals surface area contributed by atoms with Crippen LogP contribution < -0.4 is 9.47 Å². The number of ether oxygens (including phenoxy) is 2. The second kappa shape index (κ2) is 4.64. The van der Waals surface area contributed by atoms with Crippen molar-refractivity contribution in [3.05, 3.63) is 23.3 Å². The van der Waals surface area contributed by atoms with Crippen molar-refractivity contribution >= 4 is 5.97 Å². The number of hydrogen-bond acceptors (Lipinski definition) is 3. The normalized spacial score (nSPS) is 16.0. The zero-order chi connectivity index (χ0) is 14.2. The molecule has 104 valence electrons. The van der Waals surface area contributed by atoms with Crippen LogP contribution in [0.2, 0.25) is 0 Å². The molecule has 4 nitrogen and oxygen atoms in total. The summed E-state index contributed by atoms with van der Waals surface area (Å²) in [5, 5.41) is 8.96. The molecule has 1 N–H and O–H groups in total. The maximum atomic E-state index is 13.0. The number of carboxylic acid groups (broad SMARTS) is 1. The van der Waals surface area contributed by atoms with E-state index in [1.807, 2.05) is 0 Å². The molecule has 19 heavy (non-hydrogen) atoms. The fourth-order valence-electron chi connectivity index (χ4n) is 1.94.